The number of hydrogen-bond acceptors (Lipinski definition) is 2. The minimum atomic E-state index is 0.0464. The minimum Gasteiger partial charge on any atom is -0.353 e. The molecule has 0 heterocycles. The molecule has 21 heavy (non-hydrogen) atoms. The summed E-state index contributed by atoms with van der Waals surface area (Å²) in [5.74, 6) is 0. The third-order valence-corrected chi connectivity index (χ3v) is 3.90. The van der Waals surface area contributed by atoms with Crippen molar-refractivity contribution in [1.29, 1.82) is 0 Å². The third kappa shape index (κ3) is 16.1. The van der Waals surface area contributed by atoms with Crippen LogP contribution in [0.5, 0.6) is 0 Å². The van der Waals surface area contributed by atoms with Crippen LogP contribution in [0.2, 0.25) is 0 Å². The Morgan fingerprint density at radius 3 is 1.38 bits per heavy atom. The summed E-state index contributed by atoms with van der Waals surface area (Å²) in [7, 11) is 0. The summed E-state index contributed by atoms with van der Waals surface area (Å²) in [5, 5.41) is 0. The Morgan fingerprint density at radius 2 is 0.952 bits per heavy atom. The van der Waals surface area contributed by atoms with Gasteiger partial charge in [0.2, 0.25) is 0 Å². The highest BCUT2D eigenvalue weighted by Gasteiger charge is 2.09. The van der Waals surface area contributed by atoms with E-state index in [1.165, 1.54) is 77.0 Å². The van der Waals surface area contributed by atoms with E-state index in [4.69, 9.17) is 9.47 Å². The molecule has 0 aliphatic rings. The quantitative estimate of drug-likeness (QED) is 0.226. The fourth-order valence-corrected chi connectivity index (χ4v) is 2.44. The van der Waals surface area contributed by atoms with Gasteiger partial charge in [-0.05, 0) is 25.7 Å². The van der Waals surface area contributed by atoms with Crippen molar-refractivity contribution < 1.29 is 9.47 Å². The number of ether oxygens (including phenoxy) is 2. The molecule has 0 aromatic rings. The lowest BCUT2D eigenvalue weighted by atomic mass is 10.1. The van der Waals surface area contributed by atoms with Gasteiger partial charge in [-0.3, -0.25) is 0 Å². The molecule has 0 aliphatic carbocycles. The van der Waals surface area contributed by atoms with Crippen molar-refractivity contribution in [1.82, 2.24) is 0 Å². The van der Waals surface area contributed by atoms with Crippen LogP contribution in [-0.2, 0) is 9.47 Å². The monoisotopic (exact) mass is 300 g/mol. The van der Waals surface area contributed by atoms with Gasteiger partial charge in [-0.15, -0.1) is 0 Å². The van der Waals surface area contributed by atoms with E-state index in [2.05, 4.69) is 20.8 Å². The second kappa shape index (κ2) is 18.0. The first-order chi connectivity index (χ1) is 10.3. The van der Waals surface area contributed by atoms with Crippen molar-refractivity contribution in [2.24, 2.45) is 0 Å². The van der Waals surface area contributed by atoms with Gasteiger partial charge >= 0.3 is 0 Å². The summed E-state index contributed by atoms with van der Waals surface area (Å²) in [5.41, 5.74) is 0. The lowest BCUT2D eigenvalue weighted by Gasteiger charge is -2.18. The van der Waals surface area contributed by atoms with Crippen molar-refractivity contribution in [3.05, 3.63) is 0 Å². The lowest BCUT2D eigenvalue weighted by Crippen LogP contribution is -2.19. The molecule has 0 aromatic heterocycles. The fourth-order valence-electron chi connectivity index (χ4n) is 2.44. The Morgan fingerprint density at radius 1 is 0.524 bits per heavy atom. The average molecular weight is 301 g/mol. The predicted octanol–water partition coefficient (Wildman–Crippen LogP) is 6.48. The van der Waals surface area contributed by atoms with Gasteiger partial charge in [-0.25, -0.2) is 0 Å². The molecule has 0 saturated heterocycles. The zero-order valence-corrected chi connectivity index (χ0v) is 15.0. The Kier molecular flexibility index (Phi) is 17.9. The summed E-state index contributed by atoms with van der Waals surface area (Å²) in [4.78, 5) is 0. The molecule has 0 saturated carbocycles. The maximum absolute atomic E-state index is 5.95. The summed E-state index contributed by atoms with van der Waals surface area (Å²) in [6, 6.07) is 0. The largest absolute Gasteiger partial charge is 0.353 e. The van der Waals surface area contributed by atoms with Crippen LogP contribution < -0.4 is 0 Å². The Labute approximate surface area is 134 Å². The first-order valence-electron chi connectivity index (χ1n) is 9.58. The van der Waals surface area contributed by atoms with E-state index < -0.39 is 0 Å². The summed E-state index contributed by atoms with van der Waals surface area (Å²) in [6.07, 6.45) is 16.4. The third-order valence-electron chi connectivity index (χ3n) is 3.90. The Hall–Kier alpha value is -0.0800. The molecule has 2 nitrogen and oxygen atoms in total. The van der Waals surface area contributed by atoms with Crippen LogP contribution in [0.25, 0.3) is 0 Å². The van der Waals surface area contributed by atoms with E-state index in [1.54, 1.807) is 0 Å². The molecular weight excluding hydrogens is 260 g/mol. The molecule has 128 valence electrons. The van der Waals surface area contributed by atoms with Gasteiger partial charge < -0.3 is 9.47 Å². The predicted molar refractivity (Wildman–Crippen MR) is 92.7 cm³/mol. The van der Waals surface area contributed by atoms with E-state index in [-0.39, 0.29) is 6.29 Å². The number of hydrogen-bond donors (Lipinski definition) is 0. The molecule has 2 heteroatoms. The van der Waals surface area contributed by atoms with Crippen LogP contribution in [0.3, 0.4) is 0 Å². The molecule has 0 spiro atoms. The van der Waals surface area contributed by atoms with Gasteiger partial charge in [0.25, 0.3) is 0 Å². The van der Waals surface area contributed by atoms with Crippen molar-refractivity contribution >= 4 is 0 Å². The van der Waals surface area contributed by atoms with E-state index in [0.717, 1.165) is 19.6 Å². The van der Waals surface area contributed by atoms with E-state index in [1.807, 2.05) is 0 Å². The fraction of sp³-hybridized carbons (Fsp3) is 1.00. The normalized spacial score (nSPS) is 11.4. The summed E-state index contributed by atoms with van der Waals surface area (Å²) >= 11 is 0. The van der Waals surface area contributed by atoms with Crippen molar-refractivity contribution in [3.8, 4) is 0 Å². The molecule has 0 unspecified atom stereocenters. The van der Waals surface area contributed by atoms with Gasteiger partial charge in [-0.2, -0.15) is 0 Å². The van der Waals surface area contributed by atoms with Gasteiger partial charge in [-0.1, -0.05) is 78.6 Å². The van der Waals surface area contributed by atoms with Crippen LogP contribution in [0.15, 0.2) is 0 Å². The lowest BCUT2D eigenvalue weighted by molar-refractivity contribution is -0.148. The zero-order chi connectivity index (χ0) is 15.6. The standard InChI is InChI=1S/C19H40O2/c1-4-7-10-13-16-19(20-17-14-11-8-5-2)21-18-15-12-9-6-3/h19H,4-18H2,1-3H3. The van der Waals surface area contributed by atoms with Crippen LogP contribution in [0.4, 0.5) is 0 Å². The van der Waals surface area contributed by atoms with Gasteiger partial charge in [0.05, 0.1) is 0 Å². The molecule has 0 aromatic carbocycles. The highest BCUT2D eigenvalue weighted by molar-refractivity contribution is 4.50. The number of unbranched alkanes of at least 4 members (excludes halogenated alkanes) is 9. The first kappa shape index (κ1) is 20.9. The molecule has 0 N–H and O–H groups in total. The minimum absolute atomic E-state index is 0.0464. The Balaban J connectivity index is 3.69. The van der Waals surface area contributed by atoms with E-state index in [9.17, 15) is 0 Å². The van der Waals surface area contributed by atoms with Crippen LogP contribution >= 0.6 is 0 Å². The maximum atomic E-state index is 5.95. The molecule has 0 rings (SSSR count). The molecule has 0 bridgehead atoms. The van der Waals surface area contributed by atoms with Gasteiger partial charge in [0.1, 0.15) is 0 Å². The maximum Gasteiger partial charge on any atom is 0.157 e. The highest BCUT2D eigenvalue weighted by Crippen LogP contribution is 2.12. The van der Waals surface area contributed by atoms with E-state index >= 15 is 0 Å². The Bertz CT molecular complexity index is 168. The SMILES string of the molecule is CCCCCCOC(CCCCCC)OCCCCCC. The summed E-state index contributed by atoms with van der Waals surface area (Å²) in [6.45, 7) is 8.49. The number of rotatable bonds is 17. The van der Waals surface area contributed by atoms with E-state index in [0.29, 0.717) is 0 Å². The second-order valence-corrected chi connectivity index (χ2v) is 6.14. The zero-order valence-electron chi connectivity index (χ0n) is 15.0. The van der Waals surface area contributed by atoms with Gasteiger partial charge in [0, 0.05) is 13.2 Å². The van der Waals surface area contributed by atoms with Gasteiger partial charge in [0.15, 0.2) is 6.29 Å². The van der Waals surface area contributed by atoms with Crippen LogP contribution in [0.1, 0.15) is 104 Å². The van der Waals surface area contributed by atoms with Crippen LogP contribution in [-0.4, -0.2) is 19.5 Å². The van der Waals surface area contributed by atoms with Crippen molar-refractivity contribution in [2.45, 2.75) is 111 Å². The molecule has 0 fully saturated rings. The summed E-state index contributed by atoms with van der Waals surface area (Å²) < 4.78 is 11.9. The topological polar surface area (TPSA) is 18.5 Å². The molecule has 0 radical (unpaired) electrons. The average Bonchev–Trinajstić information content (AvgIpc) is 2.50. The van der Waals surface area contributed by atoms with Crippen molar-refractivity contribution in [3.63, 3.8) is 0 Å². The first-order valence-corrected chi connectivity index (χ1v) is 9.58. The van der Waals surface area contributed by atoms with Crippen LogP contribution in [0, 0.1) is 0 Å². The molecule has 0 amide bonds. The molecule has 0 aliphatic heterocycles. The molecular formula is C19H40O2. The van der Waals surface area contributed by atoms with Crippen molar-refractivity contribution in [2.75, 3.05) is 13.2 Å². The molecule has 0 atom stereocenters. The second-order valence-electron chi connectivity index (χ2n) is 6.14. The smallest absolute Gasteiger partial charge is 0.157 e. The highest BCUT2D eigenvalue weighted by atomic mass is 16.7.